The lowest BCUT2D eigenvalue weighted by atomic mass is 9.98. The number of imidazole rings is 1. The van der Waals surface area contributed by atoms with Crippen LogP contribution in [0.2, 0.25) is 0 Å². The number of guanidine groups is 1. The minimum Gasteiger partial charge on any atom is -0.374 e. The van der Waals surface area contributed by atoms with E-state index in [4.69, 9.17) is 0 Å². The number of likely N-dealkylation sites (tertiary alicyclic amines) is 1. The number of alkyl halides is 3. The number of nitrogens with one attached hydrogen (secondary N) is 2. The van der Waals surface area contributed by atoms with Crippen LogP contribution < -0.4 is 10.6 Å². The van der Waals surface area contributed by atoms with E-state index in [0.29, 0.717) is 19.0 Å². The number of hydrogen-bond acceptors (Lipinski definition) is 4. The molecule has 0 aliphatic carbocycles. The SMILES string of the molecule is CCNC(=NCCC(O)(c1nccn1C)C(F)(F)F)NCCN1CCCCC1. The molecule has 0 aromatic carbocycles. The Morgan fingerprint density at radius 1 is 1.25 bits per heavy atom. The van der Waals surface area contributed by atoms with Gasteiger partial charge in [-0.25, -0.2) is 4.98 Å². The summed E-state index contributed by atoms with van der Waals surface area (Å²) in [5, 5.41) is 16.5. The van der Waals surface area contributed by atoms with Gasteiger partial charge in [-0.3, -0.25) is 4.99 Å². The molecule has 1 atom stereocenters. The summed E-state index contributed by atoms with van der Waals surface area (Å²) in [4.78, 5) is 10.3. The van der Waals surface area contributed by atoms with Crippen molar-refractivity contribution in [1.82, 2.24) is 25.1 Å². The maximum Gasteiger partial charge on any atom is 0.424 e. The van der Waals surface area contributed by atoms with E-state index in [2.05, 4.69) is 25.5 Å². The van der Waals surface area contributed by atoms with Gasteiger partial charge in [0, 0.05) is 52.0 Å². The van der Waals surface area contributed by atoms with Crippen molar-refractivity contribution in [2.75, 3.05) is 39.3 Å². The Labute approximate surface area is 164 Å². The summed E-state index contributed by atoms with van der Waals surface area (Å²) in [7, 11) is 1.43. The van der Waals surface area contributed by atoms with Crippen LogP contribution in [0.1, 0.15) is 38.4 Å². The van der Waals surface area contributed by atoms with Crippen LogP contribution >= 0.6 is 0 Å². The maximum atomic E-state index is 13.5. The molecule has 1 fully saturated rings. The quantitative estimate of drug-likeness (QED) is 0.453. The number of halogens is 3. The zero-order valence-corrected chi connectivity index (χ0v) is 16.6. The molecule has 1 saturated heterocycles. The molecule has 7 nitrogen and oxygen atoms in total. The van der Waals surface area contributed by atoms with Gasteiger partial charge in [0.2, 0.25) is 5.60 Å². The summed E-state index contributed by atoms with van der Waals surface area (Å²) >= 11 is 0. The molecule has 0 saturated carbocycles. The minimum atomic E-state index is -4.85. The number of rotatable bonds is 8. The van der Waals surface area contributed by atoms with Gasteiger partial charge in [0.05, 0.1) is 0 Å². The summed E-state index contributed by atoms with van der Waals surface area (Å²) in [5.41, 5.74) is -3.04. The first-order valence-corrected chi connectivity index (χ1v) is 9.79. The van der Waals surface area contributed by atoms with Crippen LogP contribution in [0, 0.1) is 0 Å². The number of hydrogen-bond donors (Lipinski definition) is 3. The fraction of sp³-hybridized carbons (Fsp3) is 0.778. The average molecular weight is 404 g/mol. The Morgan fingerprint density at radius 3 is 2.54 bits per heavy atom. The fourth-order valence-corrected chi connectivity index (χ4v) is 3.33. The zero-order chi connectivity index (χ0) is 20.6. The lowest BCUT2D eigenvalue weighted by Gasteiger charge is -2.29. The molecule has 2 rings (SSSR count). The average Bonchev–Trinajstić information content (AvgIpc) is 3.08. The van der Waals surface area contributed by atoms with E-state index in [1.807, 2.05) is 6.92 Å². The van der Waals surface area contributed by atoms with Crippen molar-refractivity contribution in [3.05, 3.63) is 18.2 Å². The summed E-state index contributed by atoms with van der Waals surface area (Å²) in [6.45, 7) is 5.98. The number of aliphatic imine (C=N–C) groups is 1. The van der Waals surface area contributed by atoms with Gasteiger partial charge in [-0.15, -0.1) is 0 Å². The van der Waals surface area contributed by atoms with Crippen LogP contribution in [-0.2, 0) is 12.6 Å². The molecule has 0 spiro atoms. The topological polar surface area (TPSA) is 77.7 Å². The molecule has 0 amide bonds. The van der Waals surface area contributed by atoms with Crippen LogP contribution in [0.3, 0.4) is 0 Å². The van der Waals surface area contributed by atoms with E-state index in [1.165, 1.54) is 43.3 Å². The lowest BCUT2D eigenvalue weighted by molar-refractivity contribution is -0.272. The van der Waals surface area contributed by atoms with Crippen molar-refractivity contribution >= 4 is 5.96 Å². The van der Waals surface area contributed by atoms with Gasteiger partial charge in [-0.2, -0.15) is 13.2 Å². The van der Waals surface area contributed by atoms with Gasteiger partial charge in [-0.05, 0) is 32.9 Å². The highest BCUT2D eigenvalue weighted by Gasteiger charge is 2.57. The van der Waals surface area contributed by atoms with E-state index in [0.717, 1.165) is 19.6 Å². The number of aliphatic hydroxyl groups is 1. The highest BCUT2D eigenvalue weighted by Crippen LogP contribution is 2.40. The fourth-order valence-electron chi connectivity index (χ4n) is 3.33. The molecule has 0 radical (unpaired) electrons. The predicted molar refractivity (Wildman–Crippen MR) is 102 cm³/mol. The zero-order valence-electron chi connectivity index (χ0n) is 16.6. The standard InChI is InChI=1S/C18H31F3N6O/c1-3-22-16(25-10-14-27-11-5-4-6-12-27)24-8-7-17(28,18(19,20)21)15-23-9-13-26(15)2/h9,13,28H,3-8,10-12,14H2,1-2H3,(H2,22,24,25). The summed E-state index contributed by atoms with van der Waals surface area (Å²) in [6.07, 6.45) is 0.843. The third-order valence-corrected chi connectivity index (χ3v) is 4.92. The smallest absolute Gasteiger partial charge is 0.374 e. The highest BCUT2D eigenvalue weighted by molar-refractivity contribution is 5.79. The molecule has 2 heterocycles. The van der Waals surface area contributed by atoms with E-state index in [9.17, 15) is 18.3 Å². The van der Waals surface area contributed by atoms with Crippen molar-refractivity contribution in [3.63, 3.8) is 0 Å². The van der Waals surface area contributed by atoms with Crippen molar-refractivity contribution in [2.45, 2.75) is 44.4 Å². The summed E-state index contributed by atoms with van der Waals surface area (Å²) in [5.74, 6) is 0.0159. The second kappa shape index (κ2) is 10.1. The largest absolute Gasteiger partial charge is 0.424 e. The number of aryl methyl sites for hydroxylation is 1. The maximum absolute atomic E-state index is 13.5. The van der Waals surface area contributed by atoms with Crippen LogP contribution in [-0.4, -0.2) is 71.0 Å². The Balaban J connectivity index is 1.95. The van der Waals surface area contributed by atoms with Gasteiger partial charge in [-0.1, -0.05) is 6.42 Å². The molecule has 0 bridgehead atoms. The second-order valence-electron chi connectivity index (χ2n) is 7.06. The first-order valence-electron chi connectivity index (χ1n) is 9.79. The Hall–Kier alpha value is -1.81. The van der Waals surface area contributed by atoms with E-state index >= 15 is 0 Å². The second-order valence-corrected chi connectivity index (χ2v) is 7.06. The van der Waals surface area contributed by atoms with Crippen LogP contribution in [0.25, 0.3) is 0 Å². The number of nitrogens with zero attached hydrogens (tertiary/aromatic N) is 4. The van der Waals surface area contributed by atoms with Gasteiger partial charge in [0.25, 0.3) is 0 Å². The molecular weight excluding hydrogens is 373 g/mol. The molecule has 1 aliphatic heterocycles. The third-order valence-electron chi connectivity index (χ3n) is 4.92. The molecule has 1 aromatic heterocycles. The molecule has 28 heavy (non-hydrogen) atoms. The van der Waals surface area contributed by atoms with Crippen LogP contribution in [0.4, 0.5) is 13.2 Å². The van der Waals surface area contributed by atoms with Crippen molar-refractivity contribution in [1.29, 1.82) is 0 Å². The van der Waals surface area contributed by atoms with E-state index < -0.39 is 24.0 Å². The van der Waals surface area contributed by atoms with Gasteiger partial charge in [0.15, 0.2) is 5.96 Å². The van der Waals surface area contributed by atoms with Crippen LogP contribution in [0.5, 0.6) is 0 Å². The highest BCUT2D eigenvalue weighted by atomic mass is 19.4. The molecule has 1 aliphatic rings. The Bertz CT molecular complexity index is 627. The third kappa shape index (κ3) is 5.84. The van der Waals surface area contributed by atoms with Crippen molar-refractivity contribution in [2.24, 2.45) is 12.0 Å². The molecule has 1 aromatic rings. The van der Waals surface area contributed by atoms with Gasteiger partial charge < -0.3 is 25.2 Å². The Kier molecular flexibility index (Phi) is 8.11. The number of aromatic nitrogens is 2. The summed E-state index contributed by atoms with van der Waals surface area (Å²) < 4.78 is 41.8. The lowest BCUT2D eigenvalue weighted by Crippen LogP contribution is -2.45. The van der Waals surface area contributed by atoms with Crippen molar-refractivity contribution in [3.8, 4) is 0 Å². The monoisotopic (exact) mass is 404 g/mol. The Morgan fingerprint density at radius 2 is 1.96 bits per heavy atom. The van der Waals surface area contributed by atoms with E-state index in [1.54, 1.807) is 0 Å². The van der Waals surface area contributed by atoms with E-state index in [-0.39, 0.29) is 6.54 Å². The van der Waals surface area contributed by atoms with Crippen molar-refractivity contribution < 1.29 is 18.3 Å². The molecule has 160 valence electrons. The van der Waals surface area contributed by atoms with Gasteiger partial charge in [0.1, 0.15) is 5.82 Å². The number of piperidine rings is 1. The predicted octanol–water partition coefficient (Wildman–Crippen LogP) is 1.60. The minimum absolute atomic E-state index is 0.193. The molecular formula is C18H31F3N6O. The molecule has 10 heteroatoms. The first-order chi connectivity index (χ1) is 13.3. The van der Waals surface area contributed by atoms with Gasteiger partial charge >= 0.3 is 6.18 Å². The first kappa shape index (κ1) is 22.5. The normalized spacial score (nSPS) is 18.7. The molecule has 3 N–H and O–H groups in total. The summed E-state index contributed by atoms with van der Waals surface area (Å²) in [6, 6.07) is 0. The molecule has 1 unspecified atom stereocenters. The van der Waals surface area contributed by atoms with Crippen LogP contribution in [0.15, 0.2) is 17.4 Å².